The third kappa shape index (κ3) is 12.2. The Kier molecular flexibility index (Phi) is 17.0. The van der Waals surface area contributed by atoms with Gasteiger partial charge in [0.25, 0.3) is 0 Å². The smallest absolute Gasteiger partial charge is 0.191 e. The van der Waals surface area contributed by atoms with E-state index in [4.69, 9.17) is 18.9 Å². The van der Waals surface area contributed by atoms with Crippen LogP contribution in [0.25, 0.3) is 0 Å². The molecule has 7 nitrogen and oxygen atoms in total. The maximum absolute atomic E-state index is 5.94. The van der Waals surface area contributed by atoms with E-state index in [9.17, 15) is 0 Å². The Hall–Kier alpha value is -1.26. The van der Waals surface area contributed by atoms with Gasteiger partial charge < -0.3 is 29.6 Å². The Morgan fingerprint density at radius 1 is 1.04 bits per heavy atom. The first kappa shape index (κ1) is 26.7. The molecule has 0 aromatic heterocycles. The normalized spacial score (nSPS) is 12.1. The monoisotopic (exact) mass is 509 g/mol. The summed E-state index contributed by atoms with van der Waals surface area (Å²) in [5, 5.41) is 6.60. The van der Waals surface area contributed by atoms with E-state index in [0.29, 0.717) is 19.8 Å². The summed E-state index contributed by atoms with van der Waals surface area (Å²) in [4.78, 5) is 4.60. The molecule has 8 heteroatoms. The molecule has 0 saturated carbocycles. The van der Waals surface area contributed by atoms with Crippen LogP contribution >= 0.6 is 24.0 Å². The zero-order chi connectivity index (χ0) is 19.7. The maximum Gasteiger partial charge on any atom is 0.191 e. The molecule has 0 aliphatic carbocycles. The summed E-state index contributed by atoms with van der Waals surface area (Å²) in [6.45, 7) is 8.31. The van der Waals surface area contributed by atoms with Crippen molar-refractivity contribution in [2.75, 3.05) is 53.7 Å². The lowest BCUT2D eigenvalue weighted by molar-refractivity contribution is 0.0689. The topological polar surface area (TPSA) is 73.3 Å². The third-order valence-corrected chi connectivity index (χ3v) is 3.69. The van der Waals surface area contributed by atoms with Crippen LogP contribution in [0.2, 0.25) is 0 Å². The third-order valence-electron chi connectivity index (χ3n) is 3.69. The van der Waals surface area contributed by atoms with Gasteiger partial charge in [0.2, 0.25) is 0 Å². The summed E-state index contributed by atoms with van der Waals surface area (Å²) in [7, 11) is 3.32. The number of ether oxygens (including phenoxy) is 4. The van der Waals surface area contributed by atoms with Crippen LogP contribution in [0.4, 0.5) is 0 Å². The molecule has 0 radical (unpaired) electrons. The number of para-hydroxylation sites is 2. The van der Waals surface area contributed by atoms with Crippen LogP contribution in [-0.4, -0.2) is 65.7 Å². The molecule has 0 fully saturated rings. The second-order valence-electron chi connectivity index (χ2n) is 6.04. The first-order valence-corrected chi connectivity index (χ1v) is 9.59. The van der Waals surface area contributed by atoms with Gasteiger partial charge in [-0.25, -0.2) is 4.99 Å². The number of hydrogen-bond donors (Lipinski definition) is 2. The van der Waals surface area contributed by atoms with Crippen LogP contribution in [-0.2, 0) is 9.47 Å². The summed E-state index contributed by atoms with van der Waals surface area (Å²) in [5.74, 6) is 2.26. The van der Waals surface area contributed by atoms with E-state index in [-0.39, 0.29) is 30.1 Å². The molecule has 0 bridgehead atoms. The van der Waals surface area contributed by atoms with Crippen molar-refractivity contribution < 1.29 is 18.9 Å². The van der Waals surface area contributed by atoms with Gasteiger partial charge in [-0.15, -0.1) is 24.0 Å². The van der Waals surface area contributed by atoms with Crippen LogP contribution in [0.5, 0.6) is 11.5 Å². The number of guanidine groups is 1. The molecule has 162 valence electrons. The van der Waals surface area contributed by atoms with Crippen LogP contribution in [0.15, 0.2) is 29.3 Å². The molecule has 2 N–H and O–H groups in total. The Morgan fingerprint density at radius 2 is 1.79 bits per heavy atom. The lowest BCUT2D eigenvalue weighted by atomic mass is 10.3. The molecule has 1 aromatic carbocycles. The summed E-state index contributed by atoms with van der Waals surface area (Å²) in [6.07, 6.45) is 1.96. The van der Waals surface area contributed by atoms with Gasteiger partial charge in [-0.1, -0.05) is 12.1 Å². The number of aliphatic imine (C=N–C) groups is 1. The van der Waals surface area contributed by atoms with Gasteiger partial charge in [0.05, 0.1) is 26.9 Å². The van der Waals surface area contributed by atoms with E-state index in [1.165, 1.54) is 0 Å². The molecule has 0 aliphatic heterocycles. The second-order valence-corrected chi connectivity index (χ2v) is 6.04. The quantitative estimate of drug-likeness (QED) is 0.174. The van der Waals surface area contributed by atoms with E-state index in [2.05, 4.69) is 22.5 Å². The molecule has 0 aliphatic rings. The minimum absolute atomic E-state index is 0. The summed E-state index contributed by atoms with van der Waals surface area (Å²) in [6, 6.07) is 7.63. The first-order chi connectivity index (χ1) is 13.2. The fraction of sp³-hybridized carbons (Fsp3) is 0.650. The van der Waals surface area contributed by atoms with Crippen molar-refractivity contribution in [2.45, 2.75) is 32.8 Å². The average molecular weight is 509 g/mol. The van der Waals surface area contributed by atoms with Crippen molar-refractivity contribution >= 4 is 29.9 Å². The number of benzene rings is 1. The van der Waals surface area contributed by atoms with Gasteiger partial charge in [-0.05, 0) is 38.8 Å². The van der Waals surface area contributed by atoms with Gasteiger partial charge in [-0.3, -0.25) is 0 Å². The molecule has 0 spiro atoms. The zero-order valence-electron chi connectivity index (χ0n) is 17.5. The van der Waals surface area contributed by atoms with Crippen LogP contribution < -0.4 is 20.1 Å². The molecule has 0 amide bonds. The minimum atomic E-state index is -0.0639. The highest BCUT2D eigenvalue weighted by atomic mass is 127. The molecule has 1 unspecified atom stereocenters. The highest BCUT2D eigenvalue weighted by Crippen LogP contribution is 2.26. The molecule has 1 aromatic rings. The lowest BCUT2D eigenvalue weighted by Crippen LogP contribution is -2.38. The van der Waals surface area contributed by atoms with E-state index < -0.39 is 0 Å². The van der Waals surface area contributed by atoms with Crippen molar-refractivity contribution in [3.05, 3.63) is 24.3 Å². The Balaban J connectivity index is 0.00000729. The SMILES string of the molecule is CCNC(=NCC(C)Oc1ccccc1OC)NCCCCOCCOC.I. The summed E-state index contributed by atoms with van der Waals surface area (Å²) >= 11 is 0. The molecule has 0 heterocycles. The van der Waals surface area contributed by atoms with Crippen molar-refractivity contribution in [2.24, 2.45) is 4.99 Å². The van der Waals surface area contributed by atoms with Crippen molar-refractivity contribution in [1.29, 1.82) is 0 Å². The van der Waals surface area contributed by atoms with Gasteiger partial charge in [-0.2, -0.15) is 0 Å². The molecule has 28 heavy (non-hydrogen) atoms. The van der Waals surface area contributed by atoms with Crippen molar-refractivity contribution in [3.63, 3.8) is 0 Å². The predicted octanol–water partition coefficient (Wildman–Crippen LogP) is 3.08. The van der Waals surface area contributed by atoms with Crippen LogP contribution in [0, 0.1) is 0 Å². The number of unbranched alkanes of at least 4 members (excludes halogenated alkanes) is 1. The number of nitrogens with zero attached hydrogens (tertiary/aromatic N) is 1. The number of hydrogen-bond acceptors (Lipinski definition) is 5. The lowest BCUT2D eigenvalue weighted by Gasteiger charge is -2.16. The number of rotatable bonds is 14. The molecule has 0 saturated heterocycles. The van der Waals surface area contributed by atoms with Gasteiger partial charge in [0, 0.05) is 26.8 Å². The number of halogens is 1. The van der Waals surface area contributed by atoms with Gasteiger partial charge in [0.1, 0.15) is 6.10 Å². The zero-order valence-corrected chi connectivity index (χ0v) is 19.9. The standard InChI is InChI=1S/C20H35N3O4.HI/c1-5-21-20(22-12-8-9-13-26-15-14-24-3)23-16-17(2)27-19-11-7-6-10-18(19)25-4;/h6-7,10-11,17H,5,8-9,12-16H2,1-4H3,(H2,21,22,23);1H. The number of nitrogens with one attached hydrogen (secondary N) is 2. The van der Waals surface area contributed by atoms with E-state index >= 15 is 0 Å². The van der Waals surface area contributed by atoms with E-state index in [1.807, 2.05) is 31.2 Å². The fourth-order valence-corrected chi connectivity index (χ4v) is 2.31. The highest BCUT2D eigenvalue weighted by molar-refractivity contribution is 14.0. The van der Waals surface area contributed by atoms with E-state index in [0.717, 1.165) is 50.0 Å². The first-order valence-electron chi connectivity index (χ1n) is 9.59. The highest BCUT2D eigenvalue weighted by Gasteiger charge is 2.08. The predicted molar refractivity (Wildman–Crippen MR) is 124 cm³/mol. The summed E-state index contributed by atoms with van der Waals surface area (Å²) < 4.78 is 21.7. The molecular formula is C20H36IN3O4. The largest absolute Gasteiger partial charge is 0.493 e. The molecule has 1 rings (SSSR count). The maximum atomic E-state index is 5.94. The Labute approximate surface area is 186 Å². The van der Waals surface area contributed by atoms with Crippen molar-refractivity contribution in [1.82, 2.24) is 10.6 Å². The Bertz CT molecular complexity index is 532. The average Bonchev–Trinajstić information content (AvgIpc) is 2.68. The number of methoxy groups -OCH3 is 2. The van der Waals surface area contributed by atoms with Crippen LogP contribution in [0.3, 0.4) is 0 Å². The summed E-state index contributed by atoms with van der Waals surface area (Å²) in [5.41, 5.74) is 0. The molecule has 1 atom stereocenters. The fourth-order valence-electron chi connectivity index (χ4n) is 2.31. The second kappa shape index (κ2) is 17.8. The van der Waals surface area contributed by atoms with E-state index in [1.54, 1.807) is 14.2 Å². The van der Waals surface area contributed by atoms with Gasteiger partial charge >= 0.3 is 0 Å². The molecular weight excluding hydrogens is 473 g/mol. The van der Waals surface area contributed by atoms with Crippen molar-refractivity contribution in [3.8, 4) is 11.5 Å². The van der Waals surface area contributed by atoms with Crippen LogP contribution in [0.1, 0.15) is 26.7 Å². The van der Waals surface area contributed by atoms with Gasteiger partial charge in [0.15, 0.2) is 17.5 Å². The minimum Gasteiger partial charge on any atom is -0.493 e. The Morgan fingerprint density at radius 3 is 2.46 bits per heavy atom.